The third kappa shape index (κ3) is 10.3. The van der Waals surface area contributed by atoms with Gasteiger partial charge in [0.15, 0.2) is 0 Å². The van der Waals surface area contributed by atoms with E-state index in [2.05, 4.69) is 75.5 Å². The summed E-state index contributed by atoms with van der Waals surface area (Å²) in [5.41, 5.74) is 9.57. The summed E-state index contributed by atoms with van der Waals surface area (Å²) in [6.45, 7) is 8.87. The normalized spacial score (nSPS) is 16.0. The van der Waals surface area contributed by atoms with Crippen molar-refractivity contribution in [3.8, 4) is 0 Å². The van der Waals surface area contributed by atoms with Crippen LogP contribution in [0.1, 0.15) is 70.2 Å². The van der Waals surface area contributed by atoms with Crippen LogP contribution < -0.4 is 24.8 Å². The van der Waals surface area contributed by atoms with Crippen molar-refractivity contribution < 1.29 is 56.9 Å². The molecule has 2 unspecified atom stereocenters. The molecule has 4 aromatic rings. The minimum atomic E-state index is -0.173. The van der Waals surface area contributed by atoms with Crippen molar-refractivity contribution in [2.24, 2.45) is 0 Å². The number of benzene rings is 2. The second kappa shape index (κ2) is 18.6. The molecule has 6 heteroatoms. The van der Waals surface area contributed by atoms with E-state index in [4.69, 9.17) is 0 Å². The first-order valence-electron chi connectivity index (χ1n) is 14.6. The fraction of sp³-hybridized carbons (Fsp3) is 0.211. The summed E-state index contributed by atoms with van der Waals surface area (Å²) >= 11 is 1.74. The minimum absolute atomic E-state index is 0. The van der Waals surface area contributed by atoms with Crippen LogP contribution in [-0.2, 0) is 36.2 Å². The van der Waals surface area contributed by atoms with E-state index in [0.29, 0.717) is 0 Å². The molecule has 0 heterocycles. The quantitative estimate of drug-likeness (QED) is 0.211. The van der Waals surface area contributed by atoms with Crippen LogP contribution in [0.2, 0.25) is 13.1 Å². The molecule has 4 aromatic carbocycles. The summed E-state index contributed by atoms with van der Waals surface area (Å²) in [5.74, 6) is -0.0668. The predicted molar refractivity (Wildman–Crippen MR) is 173 cm³/mol. The largest absolute Gasteiger partial charge is 1.00 e. The molecular weight excluding hydrogens is 685 g/mol. The van der Waals surface area contributed by atoms with Gasteiger partial charge in [-0.15, -0.1) is 35.4 Å². The maximum absolute atomic E-state index is 13.7. The van der Waals surface area contributed by atoms with Gasteiger partial charge in [-0.3, -0.25) is 0 Å². The van der Waals surface area contributed by atoms with Crippen LogP contribution in [0.5, 0.6) is 0 Å². The van der Waals surface area contributed by atoms with Crippen molar-refractivity contribution >= 4 is 17.6 Å². The summed E-state index contributed by atoms with van der Waals surface area (Å²) < 4.78 is 27.4. The topological polar surface area (TPSA) is 0 Å². The van der Waals surface area contributed by atoms with E-state index in [1.165, 1.54) is 33.4 Å². The first-order valence-corrected chi connectivity index (χ1v) is 20.8. The van der Waals surface area contributed by atoms with E-state index >= 15 is 0 Å². The Labute approximate surface area is 289 Å². The molecule has 0 spiro atoms. The third-order valence-electron chi connectivity index (χ3n) is 7.32. The van der Waals surface area contributed by atoms with Gasteiger partial charge in [-0.25, -0.2) is 8.78 Å². The van der Waals surface area contributed by atoms with Crippen molar-refractivity contribution in [1.29, 1.82) is 0 Å². The van der Waals surface area contributed by atoms with Gasteiger partial charge in [0.2, 0.25) is 0 Å². The molecule has 44 heavy (non-hydrogen) atoms. The number of hydrogen-bond acceptors (Lipinski definition) is 0. The van der Waals surface area contributed by atoms with Crippen LogP contribution in [0.15, 0.2) is 121 Å². The standard InChI is InChI=1S/2C18H16F.C2H6Si.2ClH.Zr/c2*1-2-13-10-15-12-16(19)8-9-17(18(15)11-13)14-6-4-3-5-7-14;1-3-2;;;/h2*3-12,17H,2H2,1H3;1-2H3;2*1H;/q2*-1;;;;+2/p-2. The SMILES string of the molecule is CCc1cc2c([cH-]1)C=C(F)C=CC2c1ccccc1.CCc1cc2c([cH-]1)C=C(F)C=CC2c1ccccc1.C[Si](C)=[Zr+2].[Cl-].[Cl-]. The van der Waals surface area contributed by atoms with Crippen molar-refractivity contribution in [1.82, 2.24) is 0 Å². The Morgan fingerprint density at radius 2 is 1.00 bits per heavy atom. The van der Waals surface area contributed by atoms with Crippen LogP contribution in [0, 0.1) is 0 Å². The molecule has 2 aliphatic carbocycles. The van der Waals surface area contributed by atoms with Crippen molar-refractivity contribution in [3.05, 3.63) is 165 Å². The Kier molecular flexibility index (Phi) is 16.0. The van der Waals surface area contributed by atoms with Gasteiger partial charge in [0.1, 0.15) is 0 Å². The number of rotatable bonds is 4. The molecule has 0 radical (unpaired) electrons. The number of fused-ring (bicyclic) bond motifs is 2. The molecule has 2 atom stereocenters. The van der Waals surface area contributed by atoms with Gasteiger partial charge in [-0.1, -0.05) is 86.7 Å². The summed E-state index contributed by atoms with van der Waals surface area (Å²) in [5, 5.41) is 0. The van der Waals surface area contributed by atoms with Crippen LogP contribution in [-0.4, -0.2) is 5.43 Å². The molecule has 6 rings (SSSR count). The summed E-state index contributed by atoms with van der Waals surface area (Å²) in [6.07, 6.45) is 12.3. The minimum Gasteiger partial charge on any atom is -1.00 e. The van der Waals surface area contributed by atoms with Gasteiger partial charge in [-0.2, -0.15) is 34.4 Å². The monoisotopic (exact) mass is 720 g/mol. The van der Waals surface area contributed by atoms with E-state index in [-0.39, 0.29) is 53.7 Å². The van der Waals surface area contributed by atoms with Crippen LogP contribution in [0.4, 0.5) is 8.78 Å². The van der Waals surface area contributed by atoms with Gasteiger partial charge < -0.3 is 24.8 Å². The summed E-state index contributed by atoms with van der Waals surface area (Å²) in [7, 11) is 0. The number of halogens is 4. The van der Waals surface area contributed by atoms with E-state index in [1.807, 2.05) is 48.6 Å². The molecule has 228 valence electrons. The molecule has 0 amide bonds. The first kappa shape index (κ1) is 37.8. The van der Waals surface area contributed by atoms with E-state index in [0.717, 1.165) is 24.0 Å². The van der Waals surface area contributed by atoms with Gasteiger partial charge >= 0.3 is 41.9 Å². The van der Waals surface area contributed by atoms with Gasteiger partial charge in [0, 0.05) is 0 Å². The molecule has 0 aliphatic heterocycles. The predicted octanol–water partition coefficient (Wildman–Crippen LogP) is 4.75. The molecule has 0 fully saturated rings. The third-order valence-corrected chi connectivity index (χ3v) is 7.32. The van der Waals surface area contributed by atoms with E-state index in [9.17, 15) is 8.78 Å². The fourth-order valence-electron chi connectivity index (χ4n) is 5.29. The Hall–Kier alpha value is -2.36. The molecular formula is C38H38Cl2F2SiZr-2. The maximum atomic E-state index is 13.7. The molecule has 0 aromatic heterocycles. The Morgan fingerprint density at radius 1 is 0.659 bits per heavy atom. The van der Waals surface area contributed by atoms with Crippen LogP contribution in [0.3, 0.4) is 0 Å². The van der Waals surface area contributed by atoms with Gasteiger partial charge in [-0.05, 0) is 48.0 Å². The number of allylic oxidation sites excluding steroid dienone is 6. The van der Waals surface area contributed by atoms with E-state index < -0.39 is 0 Å². The number of hydrogen-bond donors (Lipinski definition) is 0. The second-order valence-corrected chi connectivity index (χ2v) is 20.2. The molecule has 0 saturated heterocycles. The second-order valence-electron chi connectivity index (χ2n) is 10.8. The fourth-order valence-corrected chi connectivity index (χ4v) is 5.29. The molecule has 0 bridgehead atoms. The molecule has 0 saturated carbocycles. The van der Waals surface area contributed by atoms with Gasteiger partial charge in [0.05, 0.1) is 11.7 Å². The number of aryl methyl sites for hydroxylation is 2. The Bertz CT molecular complexity index is 1490. The smallest absolute Gasteiger partial charge is 1.00 e. The maximum Gasteiger partial charge on any atom is -1.00 e. The zero-order chi connectivity index (χ0) is 30.1. The molecule has 0 N–H and O–H groups in total. The van der Waals surface area contributed by atoms with Crippen molar-refractivity contribution in [3.63, 3.8) is 0 Å². The zero-order valence-corrected chi connectivity index (χ0v) is 30.6. The first-order chi connectivity index (χ1) is 20.3. The van der Waals surface area contributed by atoms with E-state index in [1.54, 1.807) is 47.6 Å². The average Bonchev–Trinajstić information content (AvgIpc) is 3.49. The van der Waals surface area contributed by atoms with Crippen molar-refractivity contribution in [2.45, 2.75) is 51.6 Å². The Balaban J connectivity index is 0.000000263. The molecule has 2 aliphatic rings. The van der Waals surface area contributed by atoms with Crippen LogP contribution >= 0.6 is 0 Å². The Morgan fingerprint density at radius 3 is 1.32 bits per heavy atom. The molecule has 0 nitrogen and oxygen atoms in total. The van der Waals surface area contributed by atoms with Gasteiger partial charge in [0.25, 0.3) is 0 Å². The van der Waals surface area contributed by atoms with Crippen LogP contribution in [0.25, 0.3) is 12.2 Å². The zero-order valence-electron chi connectivity index (χ0n) is 25.6. The average molecular weight is 723 g/mol. The summed E-state index contributed by atoms with van der Waals surface area (Å²) in [6, 6.07) is 29.1. The van der Waals surface area contributed by atoms with Crippen molar-refractivity contribution in [2.75, 3.05) is 0 Å². The summed E-state index contributed by atoms with van der Waals surface area (Å²) in [4.78, 5) is 0.